The molecule has 0 unspecified atom stereocenters. The fourth-order valence-corrected chi connectivity index (χ4v) is 2.98. The molecule has 88 valence electrons. The maximum absolute atomic E-state index is 6.05. The minimum atomic E-state index is 0.239. The summed E-state index contributed by atoms with van der Waals surface area (Å²) in [7, 11) is 0. The summed E-state index contributed by atoms with van der Waals surface area (Å²) in [5.41, 5.74) is 9.13. The highest BCUT2D eigenvalue weighted by molar-refractivity contribution is 5.35. The van der Waals surface area contributed by atoms with E-state index in [9.17, 15) is 0 Å². The van der Waals surface area contributed by atoms with E-state index in [1.165, 1.54) is 36.8 Å². The summed E-state index contributed by atoms with van der Waals surface area (Å²) in [6, 6.07) is 2.19. The molecule has 0 radical (unpaired) electrons. The van der Waals surface area contributed by atoms with Gasteiger partial charge in [0.15, 0.2) is 0 Å². The summed E-state index contributed by atoms with van der Waals surface area (Å²) < 4.78 is 0. The van der Waals surface area contributed by atoms with E-state index < -0.39 is 0 Å². The molecule has 1 aliphatic rings. The number of hydrogen-bond donors (Lipinski definition) is 1. The molecule has 0 bridgehead atoms. The van der Waals surface area contributed by atoms with E-state index in [4.69, 9.17) is 5.73 Å². The predicted molar refractivity (Wildman–Crippen MR) is 67.5 cm³/mol. The lowest BCUT2D eigenvalue weighted by Crippen LogP contribution is -2.33. The summed E-state index contributed by atoms with van der Waals surface area (Å²) >= 11 is 0. The minimum absolute atomic E-state index is 0.239. The molecule has 1 aromatic heterocycles. The van der Waals surface area contributed by atoms with Crippen LogP contribution in [0.2, 0.25) is 0 Å². The summed E-state index contributed by atoms with van der Waals surface area (Å²) in [6.07, 6.45) is 9.06. The van der Waals surface area contributed by atoms with Crippen molar-refractivity contribution in [2.24, 2.45) is 5.73 Å². The third-order valence-corrected chi connectivity index (χ3v) is 4.00. The standard InChI is InChI=1S/C14H22N2/c1-11(2)12-9-16-8-5-13(12)14(10-15)6-3-4-7-14/h5,8-9,11H,3-4,6-7,10,15H2,1-2H3. The van der Waals surface area contributed by atoms with Crippen LogP contribution >= 0.6 is 0 Å². The molecule has 0 aliphatic heterocycles. The molecule has 2 N–H and O–H groups in total. The molecule has 2 heteroatoms. The highest BCUT2D eigenvalue weighted by atomic mass is 14.7. The van der Waals surface area contributed by atoms with E-state index in [2.05, 4.69) is 24.9 Å². The fraction of sp³-hybridized carbons (Fsp3) is 0.643. The van der Waals surface area contributed by atoms with E-state index in [1.54, 1.807) is 0 Å². The van der Waals surface area contributed by atoms with E-state index >= 15 is 0 Å². The summed E-state index contributed by atoms with van der Waals surface area (Å²) in [4.78, 5) is 4.26. The van der Waals surface area contributed by atoms with E-state index in [0.717, 1.165) is 6.54 Å². The minimum Gasteiger partial charge on any atom is -0.330 e. The Morgan fingerprint density at radius 1 is 1.38 bits per heavy atom. The van der Waals surface area contributed by atoms with Gasteiger partial charge in [-0.05, 0) is 36.0 Å². The van der Waals surface area contributed by atoms with Crippen molar-refractivity contribution in [3.63, 3.8) is 0 Å². The van der Waals surface area contributed by atoms with E-state index in [-0.39, 0.29) is 5.41 Å². The number of aromatic nitrogens is 1. The van der Waals surface area contributed by atoms with Crippen molar-refractivity contribution in [1.29, 1.82) is 0 Å². The van der Waals surface area contributed by atoms with Gasteiger partial charge < -0.3 is 5.73 Å². The Balaban J connectivity index is 2.45. The zero-order chi connectivity index (χ0) is 11.6. The smallest absolute Gasteiger partial charge is 0.0305 e. The van der Waals surface area contributed by atoms with Gasteiger partial charge in [-0.3, -0.25) is 4.98 Å². The fourth-order valence-electron chi connectivity index (χ4n) is 2.98. The van der Waals surface area contributed by atoms with Gasteiger partial charge in [-0.2, -0.15) is 0 Å². The third kappa shape index (κ3) is 1.86. The zero-order valence-corrected chi connectivity index (χ0v) is 10.4. The first kappa shape index (κ1) is 11.6. The Labute approximate surface area is 98.3 Å². The van der Waals surface area contributed by atoms with Crippen molar-refractivity contribution in [3.8, 4) is 0 Å². The largest absolute Gasteiger partial charge is 0.330 e. The molecule has 0 spiro atoms. The third-order valence-electron chi connectivity index (χ3n) is 4.00. The molecule has 16 heavy (non-hydrogen) atoms. The van der Waals surface area contributed by atoms with Crippen LogP contribution in [0, 0.1) is 0 Å². The predicted octanol–water partition coefficient (Wildman–Crippen LogP) is 2.98. The molecule has 0 amide bonds. The first-order valence-corrected chi connectivity index (χ1v) is 6.34. The average molecular weight is 218 g/mol. The SMILES string of the molecule is CC(C)c1cnccc1C1(CN)CCCC1. The van der Waals surface area contributed by atoms with Crippen LogP contribution in [0.1, 0.15) is 56.6 Å². The molecule has 1 fully saturated rings. The Morgan fingerprint density at radius 2 is 2.06 bits per heavy atom. The van der Waals surface area contributed by atoms with Gasteiger partial charge in [-0.25, -0.2) is 0 Å². The molecule has 0 aromatic carbocycles. The highest BCUT2D eigenvalue weighted by Gasteiger charge is 2.36. The molecule has 2 nitrogen and oxygen atoms in total. The number of pyridine rings is 1. The summed E-state index contributed by atoms with van der Waals surface area (Å²) in [5.74, 6) is 0.535. The first-order chi connectivity index (χ1) is 7.69. The van der Waals surface area contributed by atoms with Crippen LogP contribution in [0.5, 0.6) is 0 Å². The van der Waals surface area contributed by atoms with Gasteiger partial charge in [0, 0.05) is 24.4 Å². The van der Waals surface area contributed by atoms with Crippen LogP contribution in [0.25, 0.3) is 0 Å². The lowest BCUT2D eigenvalue weighted by Gasteiger charge is -2.31. The van der Waals surface area contributed by atoms with Crippen molar-refractivity contribution in [2.45, 2.75) is 50.9 Å². The first-order valence-electron chi connectivity index (χ1n) is 6.34. The van der Waals surface area contributed by atoms with E-state index in [0.29, 0.717) is 5.92 Å². The Morgan fingerprint density at radius 3 is 2.62 bits per heavy atom. The van der Waals surface area contributed by atoms with Crippen LogP contribution in [0.3, 0.4) is 0 Å². The number of nitrogens with two attached hydrogens (primary N) is 1. The molecule has 0 atom stereocenters. The van der Waals surface area contributed by atoms with Crippen molar-refractivity contribution >= 4 is 0 Å². The zero-order valence-electron chi connectivity index (χ0n) is 10.4. The van der Waals surface area contributed by atoms with Crippen molar-refractivity contribution < 1.29 is 0 Å². The van der Waals surface area contributed by atoms with Gasteiger partial charge in [0.25, 0.3) is 0 Å². The summed E-state index contributed by atoms with van der Waals surface area (Å²) in [5, 5.41) is 0. The van der Waals surface area contributed by atoms with Crippen molar-refractivity contribution in [2.75, 3.05) is 6.54 Å². The van der Waals surface area contributed by atoms with Gasteiger partial charge in [0.05, 0.1) is 0 Å². The summed E-state index contributed by atoms with van der Waals surface area (Å²) in [6.45, 7) is 5.25. The average Bonchev–Trinajstić information content (AvgIpc) is 2.78. The molecular formula is C14H22N2. The Kier molecular flexibility index (Phi) is 3.29. The second-order valence-corrected chi connectivity index (χ2v) is 5.31. The number of rotatable bonds is 3. The monoisotopic (exact) mass is 218 g/mol. The molecule has 2 rings (SSSR count). The van der Waals surface area contributed by atoms with Gasteiger partial charge in [0.2, 0.25) is 0 Å². The van der Waals surface area contributed by atoms with Crippen LogP contribution in [0.15, 0.2) is 18.5 Å². The molecule has 0 saturated heterocycles. The van der Waals surface area contributed by atoms with Gasteiger partial charge in [0.1, 0.15) is 0 Å². The van der Waals surface area contributed by atoms with E-state index in [1.807, 2.05) is 12.4 Å². The highest BCUT2D eigenvalue weighted by Crippen LogP contribution is 2.42. The van der Waals surface area contributed by atoms with Crippen molar-refractivity contribution in [1.82, 2.24) is 4.98 Å². The molecular weight excluding hydrogens is 196 g/mol. The number of hydrogen-bond acceptors (Lipinski definition) is 2. The maximum atomic E-state index is 6.05. The second kappa shape index (κ2) is 4.54. The molecule has 1 saturated carbocycles. The molecule has 1 aromatic rings. The lowest BCUT2D eigenvalue weighted by molar-refractivity contribution is 0.446. The Bertz CT molecular complexity index is 352. The normalized spacial score (nSPS) is 19.2. The van der Waals surface area contributed by atoms with Gasteiger partial charge >= 0.3 is 0 Å². The lowest BCUT2D eigenvalue weighted by atomic mass is 9.75. The maximum Gasteiger partial charge on any atom is 0.0305 e. The van der Waals surface area contributed by atoms with Crippen LogP contribution in [-0.2, 0) is 5.41 Å². The van der Waals surface area contributed by atoms with Gasteiger partial charge in [-0.15, -0.1) is 0 Å². The van der Waals surface area contributed by atoms with Crippen molar-refractivity contribution in [3.05, 3.63) is 29.6 Å². The second-order valence-electron chi connectivity index (χ2n) is 5.31. The quantitative estimate of drug-likeness (QED) is 0.847. The van der Waals surface area contributed by atoms with Crippen LogP contribution in [0.4, 0.5) is 0 Å². The molecule has 1 aliphatic carbocycles. The number of nitrogens with zero attached hydrogens (tertiary/aromatic N) is 1. The Hall–Kier alpha value is -0.890. The molecule has 1 heterocycles. The van der Waals surface area contributed by atoms with Crippen LogP contribution in [-0.4, -0.2) is 11.5 Å². The van der Waals surface area contributed by atoms with Crippen LogP contribution < -0.4 is 5.73 Å². The topological polar surface area (TPSA) is 38.9 Å². The van der Waals surface area contributed by atoms with Gasteiger partial charge in [-0.1, -0.05) is 26.7 Å².